The molecule has 2 aromatic carbocycles. The molecule has 0 fully saturated rings. The topological polar surface area (TPSA) is 94.2 Å². The van der Waals surface area contributed by atoms with Gasteiger partial charge < -0.3 is 19.5 Å². The molecule has 1 N–H and O–H groups in total. The van der Waals surface area contributed by atoms with Crippen molar-refractivity contribution in [3.8, 4) is 17.2 Å². The Kier molecular flexibility index (Phi) is 6.17. The molecule has 9 heteroatoms. The number of amides is 1. The fraction of sp³-hybridized carbons (Fsp3) is 0.350. The molecule has 0 unspecified atom stereocenters. The maximum absolute atomic E-state index is 12.6. The molecule has 156 valence electrons. The molecule has 3 rings (SSSR count). The number of methoxy groups -OCH3 is 1. The molecule has 0 aromatic heterocycles. The first-order chi connectivity index (χ1) is 13.8. The van der Waals surface area contributed by atoms with E-state index in [1.54, 1.807) is 37.4 Å². The monoisotopic (exact) mass is 420 g/mol. The molecule has 0 aliphatic carbocycles. The summed E-state index contributed by atoms with van der Waals surface area (Å²) in [6, 6.07) is 11.8. The second kappa shape index (κ2) is 8.60. The van der Waals surface area contributed by atoms with Crippen molar-refractivity contribution in [1.82, 2.24) is 5.32 Å². The van der Waals surface area contributed by atoms with Crippen LogP contribution in [-0.2, 0) is 14.8 Å². The van der Waals surface area contributed by atoms with Gasteiger partial charge in [-0.25, -0.2) is 8.42 Å². The third kappa shape index (κ3) is 5.11. The van der Waals surface area contributed by atoms with Gasteiger partial charge in [0, 0.05) is 6.07 Å². The molecule has 1 atom stereocenters. The molecular formula is C20H24N2O6S. The van der Waals surface area contributed by atoms with Crippen LogP contribution in [0, 0.1) is 0 Å². The van der Waals surface area contributed by atoms with Crippen LogP contribution in [0.1, 0.15) is 18.5 Å². The molecule has 8 nitrogen and oxygen atoms in total. The number of rotatable bonds is 7. The largest absolute Gasteiger partial charge is 0.497 e. The summed E-state index contributed by atoms with van der Waals surface area (Å²) in [4.78, 5) is 12.6. The number of benzene rings is 2. The van der Waals surface area contributed by atoms with Gasteiger partial charge in [0.2, 0.25) is 15.9 Å². The summed E-state index contributed by atoms with van der Waals surface area (Å²) in [5.74, 6) is 1.29. The first-order valence-corrected chi connectivity index (χ1v) is 10.9. The molecule has 0 spiro atoms. The van der Waals surface area contributed by atoms with E-state index in [4.69, 9.17) is 14.2 Å². The molecule has 1 aliphatic heterocycles. The molecule has 1 aliphatic rings. The van der Waals surface area contributed by atoms with Crippen LogP contribution in [0.15, 0.2) is 42.5 Å². The summed E-state index contributed by atoms with van der Waals surface area (Å²) in [7, 11) is -2.11. The van der Waals surface area contributed by atoms with Crippen LogP contribution in [0.25, 0.3) is 0 Å². The Hall–Kier alpha value is -2.94. The number of hydrogen-bond acceptors (Lipinski definition) is 6. The Morgan fingerprint density at radius 2 is 1.79 bits per heavy atom. The van der Waals surface area contributed by atoms with E-state index in [0.717, 1.165) is 16.1 Å². The Morgan fingerprint density at radius 3 is 2.41 bits per heavy atom. The Balaban J connectivity index is 1.74. The zero-order chi connectivity index (χ0) is 21.0. The molecule has 1 amide bonds. The van der Waals surface area contributed by atoms with E-state index >= 15 is 0 Å². The van der Waals surface area contributed by atoms with Gasteiger partial charge in [-0.2, -0.15) is 0 Å². The van der Waals surface area contributed by atoms with Gasteiger partial charge in [0.25, 0.3) is 0 Å². The summed E-state index contributed by atoms with van der Waals surface area (Å²) in [5.41, 5.74) is 1.22. The number of anilines is 1. The normalized spacial score (nSPS) is 14.0. The molecule has 29 heavy (non-hydrogen) atoms. The Morgan fingerprint density at radius 1 is 1.14 bits per heavy atom. The van der Waals surface area contributed by atoms with E-state index in [9.17, 15) is 13.2 Å². The predicted octanol–water partition coefficient (Wildman–Crippen LogP) is 2.11. The van der Waals surface area contributed by atoms with Crippen molar-refractivity contribution < 1.29 is 27.4 Å². The van der Waals surface area contributed by atoms with Crippen molar-refractivity contribution in [2.24, 2.45) is 0 Å². The first kappa shape index (κ1) is 20.8. The molecule has 1 heterocycles. The van der Waals surface area contributed by atoms with Crippen molar-refractivity contribution in [1.29, 1.82) is 0 Å². The van der Waals surface area contributed by atoms with Gasteiger partial charge in [-0.15, -0.1) is 0 Å². The lowest BCUT2D eigenvalue weighted by molar-refractivity contribution is -0.120. The molecular weight excluding hydrogens is 396 g/mol. The van der Waals surface area contributed by atoms with Gasteiger partial charge in [-0.1, -0.05) is 12.1 Å². The van der Waals surface area contributed by atoms with Crippen molar-refractivity contribution in [3.05, 3.63) is 48.0 Å². The van der Waals surface area contributed by atoms with Gasteiger partial charge >= 0.3 is 0 Å². The van der Waals surface area contributed by atoms with E-state index in [2.05, 4.69) is 5.32 Å². The maximum Gasteiger partial charge on any atom is 0.241 e. The number of nitrogens with one attached hydrogen (secondary N) is 1. The summed E-state index contributed by atoms with van der Waals surface area (Å²) >= 11 is 0. The minimum Gasteiger partial charge on any atom is -0.497 e. The van der Waals surface area contributed by atoms with Gasteiger partial charge in [0.15, 0.2) is 11.5 Å². The van der Waals surface area contributed by atoms with Crippen LogP contribution in [0.4, 0.5) is 5.69 Å². The maximum atomic E-state index is 12.6. The molecule has 0 bridgehead atoms. The summed E-state index contributed by atoms with van der Waals surface area (Å²) in [6.45, 7) is 2.30. The quantitative estimate of drug-likeness (QED) is 0.737. The van der Waals surface area contributed by atoms with Crippen molar-refractivity contribution in [3.63, 3.8) is 0 Å². The van der Waals surface area contributed by atoms with E-state index in [-0.39, 0.29) is 12.6 Å². The minimum absolute atomic E-state index is 0.296. The molecule has 0 saturated heterocycles. The van der Waals surface area contributed by atoms with E-state index in [1.165, 1.54) is 0 Å². The van der Waals surface area contributed by atoms with Crippen LogP contribution >= 0.6 is 0 Å². The molecule has 2 aromatic rings. The van der Waals surface area contributed by atoms with Gasteiger partial charge in [-0.05, 0) is 36.8 Å². The third-order valence-electron chi connectivity index (χ3n) is 4.49. The number of carbonyl (C=O) groups excluding carboxylic acids is 1. The number of ether oxygens (including phenoxy) is 3. The first-order valence-electron chi connectivity index (χ1n) is 9.08. The predicted molar refractivity (Wildman–Crippen MR) is 109 cm³/mol. The van der Waals surface area contributed by atoms with Crippen molar-refractivity contribution in [2.75, 3.05) is 37.4 Å². The van der Waals surface area contributed by atoms with E-state index in [0.29, 0.717) is 36.1 Å². The highest BCUT2D eigenvalue weighted by molar-refractivity contribution is 7.92. The highest BCUT2D eigenvalue weighted by atomic mass is 32.2. The number of nitrogens with zero attached hydrogens (tertiary/aromatic N) is 1. The highest BCUT2D eigenvalue weighted by Crippen LogP contribution is 2.34. The second-order valence-electron chi connectivity index (χ2n) is 6.66. The fourth-order valence-corrected chi connectivity index (χ4v) is 3.83. The van der Waals surface area contributed by atoms with E-state index < -0.39 is 15.9 Å². The Bertz CT molecular complexity index is 975. The standard InChI is InChI=1S/C20H24N2O6S/c1-14(15-4-7-17(26-2)8-5-15)21-20(23)13-22(29(3,24)25)16-6-9-18-19(12-16)28-11-10-27-18/h4-9,12,14H,10-11,13H2,1-3H3,(H,21,23)/t14-/m0/s1. The summed E-state index contributed by atoms with van der Waals surface area (Å²) in [6.07, 6.45) is 1.06. The average Bonchev–Trinajstić information content (AvgIpc) is 2.71. The molecule has 0 saturated carbocycles. The number of hydrogen-bond donors (Lipinski definition) is 1. The number of fused-ring (bicyclic) bond motifs is 1. The number of carbonyl (C=O) groups is 1. The minimum atomic E-state index is -3.69. The van der Waals surface area contributed by atoms with E-state index in [1.807, 2.05) is 19.1 Å². The third-order valence-corrected chi connectivity index (χ3v) is 5.64. The van der Waals surface area contributed by atoms with Gasteiger partial charge in [0.1, 0.15) is 25.5 Å². The smallest absolute Gasteiger partial charge is 0.241 e. The second-order valence-corrected chi connectivity index (χ2v) is 8.57. The van der Waals surface area contributed by atoms with Crippen molar-refractivity contribution in [2.45, 2.75) is 13.0 Å². The molecule has 0 radical (unpaired) electrons. The highest BCUT2D eigenvalue weighted by Gasteiger charge is 2.24. The zero-order valence-electron chi connectivity index (χ0n) is 16.5. The lowest BCUT2D eigenvalue weighted by Gasteiger charge is -2.25. The van der Waals surface area contributed by atoms with Crippen LogP contribution < -0.4 is 23.8 Å². The van der Waals surface area contributed by atoms with Crippen LogP contribution in [0.2, 0.25) is 0 Å². The lowest BCUT2D eigenvalue weighted by Crippen LogP contribution is -2.41. The van der Waals surface area contributed by atoms with Crippen LogP contribution in [0.5, 0.6) is 17.2 Å². The SMILES string of the molecule is COc1ccc([C@H](C)NC(=O)CN(c2ccc3c(c2)OCCO3)S(C)(=O)=O)cc1. The lowest BCUT2D eigenvalue weighted by atomic mass is 10.1. The fourth-order valence-electron chi connectivity index (χ4n) is 2.98. The Labute approximate surface area is 170 Å². The van der Waals surface area contributed by atoms with Crippen LogP contribution in [0.3, 0.4) is 0 Å². The average molecular weight is 420 g/mol. The number of sulfonamides is 1. The zero-order valence-corrected chi connectivity index (χ0v) is 17.4. The van der Waals surface area contributed by atoms with Crippen molar-refractivity contribution >= 4 is 21.6 Å². The van der Waals surface area contributed by atoms with Gasteiger partial charge in [0.05, 0.1) is 25.1 Å². The van der Waals surface area contributed by atoms with Gasteiger partial charge in [-0.3, -0.25) is 9.10 Å². The summed E-state index contributed by atoms with van der Waals surface area (Å²) < 4.78 is 41.8. The summed E-state index contributed by atoms with van der Waals surface area (Å²) in [5, 5.41) is 2.83. The van der Waals surface area contributed by atoms with Crippen LogP contribution in [-0.4, -0.2) is 47.4 Å².